The number of ether oxygens (including phenoxy) is 3. The zero-order chi connectivity index (χ0) is 21.3. The van der Waals surface area contributed by atoms with Gasteiger partial charge in [0, 0.05) is 25.2 Å². The summed E-state index contributed by atoms with van der Waals surface area (Å²) in [7, 11) is 1.52. The second-order valence-electron chi connectivity index (χ2n) is 7.46. The van der Waals surface area contributed by atoms with E-state index in [0.29, 0.717) is 42.4 Å². The standard InChI is InChI=1S/C22H24N2O6/c1-14-3-5-17(28-2)16(9-14)21(22(26)27)24-8-7-23(20(25)12-24)11-15-4-6-18-19(10-15)30-13-29-18/h3-6,9-10,21H,7-8,11-13H2,1-2H3,(H,26,27)/t21-/m0/s1. The maximum Gasteiger partial charge on any atom is 0.325 e. The summed E-state index contributed by atoms with van der Waals surface area (Å²) >= 11 is 0. The number of hydrogen-bond acceptors (Lipinski definition) is 6. The van der Waals surface area contributed by atoms with Gasteiger partial charge in [-0.05, 0) is 30.7 Å². The van der Waals surface area contributed by atoms with Crippen LogP contribution in [0.3, 0.4) is 0 Å². The summed E-state index contributed by atoms with van der Waals surface area (Å²) in [5.41, 5.74) is 2.43. The van der Waals surface area contributed by atoms with Crippen LogP contribution in [0.5, 0.6) is 17.2 Å². The monoisotopic (exact) mass is 412 g/mol. The zero-order valence-electron chi connectivity index (χ0n) is 17.0. The zero-order valence-corrected chi connectivity index (χ0v) is 17.0. The number of amides is 1. The number of nitrogens with zero attached hydrogens (tertiary/aromatic N) is 2. The molecule has 0 unspecified atom stereocenters. The van der Waals surface area contributed by atoms with Crippen molar-refractivity contribution in [1.82, 2.24) is 9.80 Å². The maximum atomic E-state index is 12.8. The Hall–Kier alpha value is -3.26. The number of hydrogen-bond donors (Lipinski definition) is 1. The molecule has 2 heterocycles. The summed E-state index contributed by atoms with van der Waals surface area (Å²) in [5.74, 6) is 0.762. The molecule has 2 aliphatic heterocycles. The fraction of sp³-hybridized carbons (Fsp3) is 0.364. The van der Waals surface area contributed by atoms with Crippen LogP contribution in [0.4, 0.5) is 0 Å². The van der Waals surface area contributed by atoms with Crippen LogP contribution in [0.1, 0.15) is 22.7 Å². The molecule has 0 radical (unpaired) electrons. The molecule has 0 bridgehead atoms. The van der Waals surface area contributed by atoms with Gasteiger partial charge >= 0.3 is 5.97 Å². The average Bonchev–Trinajstić information content (AvgIpc) is 3.18. The number of methoxy groups -OCH3 is 1. The molecule has 158 valence electrons. The lowest BCUT2D eigenvalue weighted by Crippen LogP contribution is -2.52. The Balaban J connectivity index is 1.49. The van der Waals surface area contributed by atoms with Crippen LogP contribution < -0.4 is 14.2 Å². The van der Waals surface area contributed by atoms with Crippen LogP contribution in [-0.4, -0.2) is 60.3 Å². The van der Waals surface area contributed by atoms with Gasteiger partial charge in [0.05, 0.1) is 13.7 Å². The van der Waals surface area contributed by atoms with E-state index in [2.05, 4.69) is 0 Å². The van der Waals surface area contributed by atoms with Crippen molar-refractivity contribution < 1.29 is 28.9 Å². The van der Waals surface area contributed by atoms with Crippen LogP contribution >= 0.6 is 0 Å². The number of carboxylic acids is 1. The van der Waals surface area contributed by atoms with Crippen molar-refractivity contribution in [2.45, 2.75) is 19.5 Å². The third kappa shape index (κ3) is 3.91. The van der Waals surface area contributed by atoms with Crippen molar-refractivity contribution in [3.05, 3.63) is 53.1 Å². The highest BCUT2D eigenvalue weighted by molar-refractivity contribution is 5.82. The third-order valence-electron chi connectivity index (χ3n) is 5.44. The highest BCUT2D eigenvalue weighted by atomic mass is 16.7. The first-order chi connectivity index (χ1) is 14.5. The molecule has 2 aromatic rings. The Kier molecular flexibility index (Phi) is 5.50. The number of fused-ring (bicyclic) bond motifs is 1. The second kappa shape index (κ2) is 8.23. The van der Waals surface area contributed by atoms with Gasteiger partial charge < -0.3 is 24.2 Å². The minimum Gasteiger partial charge on any atom is -0.496 e. The molecule has 4 rings (SSSR count). The van der Waals surface area contributed by atoms with Crippen molar-refractivity contribution in [1.29, 1.82) is 0 Å². The fourth-order valence-electron chi connectivity index (χ4n) is 3.93. The van der Waals surface area contributed by atoms with Gasteiger partial charge in [-0.2, -0.15) is 0 Å². The summed E-state index contributed by atoms with van der Waals surface area (Å²) < 4.78 is 16.1. The van der Waals surface area contributed by atoms with Gasteiger partial charge in [0.15, 0.2) is 11.5 Å². The van der Waals surface area contributed by atoms with E-state index in [1.807, 2.05) is 31.2 Å². The number of carboxylic acid groups (broad SMARTS) is 1. The van der Waals surface area contributed by atoms with Gasteiger partial charge in [0.1, 0.15) is 11.8 Å². The molecular formula is C22H24N2O6. The maximum absolute atomic E-state index is 12.8. The molecule has 0 saturated carbocycles. The van der Waals surface area contributed by atoms with E-state index in [0.717, 1.165) is 11.1 Å². The first-order valence-corrected chi connectivity index (χ1v) is 9.74. The number of aliphatic carboxylic acids is 1. The molecule has 1 amide bonds. The van der Waals surface area contributed by atoms with Gasteiger partial charge in [0.2, 0.25) is 12.7 Å². The number of carbonyl (C=O) groups is 2. The molecule has 1 fully saturated rings. The summed E-state index contributed by atoms with van der Waals surface area (Å²) in [4.78, 5) is 28.4. The van der Waals surface area contributed by atoms with Crippen molar-refractivity contribution >= 4 is 11.9 Å². The van der Waals surface area contributed by atoms with Crippen LogP contribution in [0, 0.1) is 6.92 Å². The molecule has 30 heavy (non-hydrogen) atoms. The van der Waals surface area contributed by atoms with E-state index >= 15 is 0 Å². The molecule has 2 aliphatic rings. The molecule has 8 heteroatoms. The van der Waals surface area contributed by atoms with Crippen molar-refractivity contribution in [3.63, 3.8) is 0 Å². The number of rotatable bonds is 6. The highest BCUT2D eigenvalue weighted by Crippen LogP contribution is 2.34. The Bertz CT molecular complexity index is 976. The van der Waals surface area contributed by atoms with E-state index in [4.69, 9.17) is 14.2 Å². The summed E-state index contributed by atoms with van der Waals surface area (Å²) in [6, 6.07) is 10.1. The average molecular weight is 412 g/mol. The fourth-order valence-corrected chi connectivity index (χ4v) is 3.93. The largest absolute Gasteiger partial charge is 0.496 e. The molecule has 8 nitrogen and oxygen atoms in total. The van der Waals surface area contributed by atoms with Gasteiger partial charge in [-0.15, -0.1) is 0 Å². The molecule has 2 aromatic carbocycles. The number of carbonyl (C=O) groups excluding carboxylic acids is 1. The quantitative estimate of drug-likeness (QED) is 0.778. The van der Waals surface area contributed by atoms with E-state index in [1.54, 1.807) is 21.9 Å². The van der Waals surface area contributed by atoms with E-state index in [1.165, 1.54) is 7.11 Å². The third-order valence-corrected chi connectivity index (χ3v) is 5.44. The van der Waals surface area contributed by atoms with E-state index < -0.39 is 12.0 Å². The lowest BCUT2D eigenvalue weighted by atomic mass is 10.0. The van der Waals surface area contributed by atoms with Gasteiger partial charge in [-0.25, -0.2) is 0 Å². The Labute approximate surface area is 174 Å². The number of aryl methyl sites for hydroxylation is 1. The molecule has 1 N–H and O–H groups in total. The minimum absolute atomic E-state index is 0.0264. The van der Waals surface area contributed by atoms with Crippen LogP contribution in [0.2, 0.25) is 0 Å². The lowest BCUT2D eigenvalue weighted by Gasteiger charge is -2.37. The van der Waals surface area contributed by atoms with Gasteiger partial charge in [0.25, 0.3) is 0 Å². The normalized spacial score (nSPS) is 17.1. The molecule has 0 aromatic heterocycles. The highest BCUT2D eigenvalue weighted by Gasteiger charge is 2.35. The first kappa shape index (κ1) is 20.0. The molecular weight excluding hydrogens is 388 g/mol. The first-order valence-electron chi connectivity index (χ1n) is 9.74. The Morgan fingerprint density at radius 1 is 1.17 bits per heavy atom. The van der Waals surface area contributed by atoms with Gasteiger partial charge in [-0.1, -0.05) is 23.8 Å². The SMILES string of the molecule is COc1ccc(C)cc1[C@@H](C(=O)O)N1CCN(Cc2ccc3c(c2)OCO3)C(=O)C1. The van der Waals surface area contributed by atoms with Crippen molar-refractivity contribution in [3.8, 4) is 17.2 Å². The lowest BCUT2D eigenvalue weighted by molar-refractivity contribution is -0.148. The summed E-state index contributed by atoms with van der Waals surface area (Å²) in [5, 5.41) is 9.92. The Morgan fingerprint density at radius 2 is 1.97 bits per heavy atom. The molecule has 1 atom stereocenters. The molecule has 0 spiro atoms. The smallest absolute Gasteiger partial charge is 0.325 e. The van der Waals surface area contributed by atoms with Crippen molar-refractivity contribution in [2.24, 2.45) is 0 Å². The number of piperazine rings is 1. The Morgan fingerprint density at radius 3 is 2.70 bits per heavy atom. The summed E-state index contributed by atoms with van der Waals surface area (Å²) in [6.45, 7) is 3.45. The van der Waals surface area contributed by atoms with E-state index in [-0.39, 0.29) is 19.2 Å². The van der Waals surface area contributed by atoms with E-state index in [9.17, 15) is 14.7 Å². The minimum atomic E-state index is -1.00. The summed E-state index contributed by atoms with van der Waals surface area (Å²) in [6.07, 6.45) is 0. The van der Waals surface area contributed by atoms with Crippen LogP contribution in [0.15, 0.2) is 36.4 Å². The second-order valence-corrected chi connectivity index (χ2v) is 7.46. The molecule has 1 saturated heterocycles. The van der Waals surface area contributed by atoms with Crippen LogP contribution in [0.25, 0.3) is 0 Å². The predicted octanol–water partition coefficient (Wildman–Crippen LogP) is 2.20. The predicted molar refractivity (Wildman–Crippen MR) is 108 cm³/mol. The molecule has 0 aliphatic carbocycles. The topological polar surface area (TPSA) is 88.5 Å². The van der Waals surface area contributed by atoms with Gasteiger partial charge in [-0.3, -0.25) is 14.5 Å². The number of benzene rings is 2. The van der Waals surface area contributed by atoms with Crippen molar-refractivity contribution in [2.75, 3.05) is 33.5 Å². The van der Waals surface area contributed by atoms with Crippen LogP contribution in [-0.2, 0) is 16.1 Å².